The number of carbonyl (C=O) groups excluding carboxylic acids is 2. The van der Waals surface area contributed by atoms with Crippen molar-refractivity contribution in [1.82, 2.24) is 9.78 Å². The van der Waals surface area contributed by atoms with E-state index in [1.54, 1.807) is 19.9 Å². The number of carbonyl (C=O) groups is 2. The molecule has 0 fully saturated rings. The van der Waals surface area contributed by atoms with Crippen molar-refractivity contribution < 1.29 is 29.6 Å². The molecule has 0 radical (unpaired) electrons. The highest BCUT2D eigenvalue weighted by Crippen LogP contribution is 2.58. The van der Waals surface area contributed by atoms with Gasteiger partial charge in [-0.05, 0) is 27.7 Å². The molecule has 1 aliphatic heterocycles. The van der Waals surface area contributed by atoms with Crippen LogP contribution in [0.25, 0.3) is 6.08 Å². The Hall–Kier alpha value is -3.13. The number of aliphatic hydroxyl groups is 1. The summed E-state index contributed by atoms with van der Waals surface area (Å²) in [6.45, 7) is 6.15. The first-order chi connectivity index (χ1) is 13.1. The Morgan fingerprint density at radius 2 is 1.96 bits per heavy atom. The Morgan fingerprint density at radius 3 is 2.57 bits per heavy atom. The van der Waals surface area contributed by atoms with Gasteiger partial charge in [0.25, 0.3) is 0 Å². The SMILES string of the molecule is CC(=O)c1c(O)c(C)c(O)c2c1OC1=Cc3c(c(C)nn3CCO)C(=O)C12C. The number of fused-ring (bicyclic) bond motifs is 4. The number of aromatic hydroxyl groups is 2. The normalized spacial score (nSPS) is 19.6. The molecule has 8 nitrogen and oxygen atoms in total. The summed E-state index contributed by atoms with van der Waals surface area (Å²) in [7, 11) is 0. The minimum Gasteiger partial charge on any atom is -0.507 e. The molecule has 1 aromatic heterocycles. The Kier molecular flexibility index (Phi) is 3.70. The van der Waals surface area contributed by atoms with Crippen molar-refractivity contribution >= 4 is 17.6 Å². The van der Waals surface area contributed by atoms with Gasteiger partial charge in [0.15, 0.2) is 11.6 Å². The molecule has 0 bridgehead atoms. The van der Waals surface area contributed by atoms with Gasteiger partial charge in [-0.1, -0.05) is 0 Å². The third kappa shape index (κ3) is 2.00. The standard InChI is InChI=1S/C20H20N2O6/c1-8-16(25)14(10(3)24)18-15(17(8)26)20(4)12(28-18)7-11-13(19(20)27)9(2)21-22(11)5-6-23/h7,23,25-26H,5-6H2,1-4H3. The van der Waals surface area contributed by atoms with E-state index in [9.17, 15) is 24.9 Å². The molecular formula is C20H20N2O6. The second-order valence-electron chi connectivity index (χ2n) is 7.31. The molecule has 1 atom stereocenters. The van der Waals surface area contributed by atoms with Crippen LogP contribution < -0.4 is 4.74 Å². The first kappa shape index (κ1) is 18.2. The largest absolute Gasteiger partial charge is 0.507 e. The zero-order chi connectivity index (χ0) is 20.5. The smallest absolute Gasteiger partial charge is 0.185 e. The Labute approximate surface area is 160 Å². The molecule has 3 N–H and O–H groups in total. The number of ketones is 2. The highest BCUT2D eigenvalue weighted by molar-refractivity contribution is 6.14. The summed E-state index contributed by atoms with van der Waals surface area (Å²) < 4.78 is 7.41. The van der Waals surface area contributed by atoms with Crippen LogP contribution in [-0.4, -0.2) is 43.3 Å². The van der Waals surface area contributed by atoms with Gasteiger partial charge >= 0.3 is 0 Å². The maximum Gasteiger partial charge on any atom is 0.185 e. The molecule has 2 heterocycles. The molecule has 1 aromatic carbocycles. The summed E-state index contributed by atoms with van der Waals surface area (Å²) in [5, 5.41) is 34.7. The number of aliphatic hydroxyl groups excluding tert-OH is 1. The first-order valence-corrected chi connectivity index (χ1v) is 8.87. The van der Waals surface area contributed by atoms with Gasteiger partial charge in [0, 0.05) is 11.6 Å². The second-order valence-corrected chi connectivity index (χ2v) is 7.31. The van der Waals surface area contributed by atoms with Gasteiger partial charge in [-0.3, -0.25) is 14.3 Å². The average molecular weight is 384 g/mol. The van der Waals surface area contributed by atoms with Crippen molar-refractivity contribution in [3.05, 3.63) is 39.4 Å². The number of phenolic OH excluding ortho intramolecular Hbond substituents is 2. The third-order valence-electron chi connectivity index (χ3n) is 5.62. The molecule has 4 rings (SSSR count). The molecule has 146 valence electrons. The van der Waals surface area contributed by atoms with E-state index in [1.807, 2.05) is 0 Å². The lowest BCUT2D eigenvalue weighted by atomic mass is 9.71. The fourth-order valence-corrected chi connectivity index (χ4v) is 4.12. The van der Waals surface area contributed by atoms with Gasteiger partial charge in [-0.2, -0.15) is 5.10 Å². The highest BCUT2D eigenvalue weighted by atomic mass is 16.5. The van der Waals surface area contributed by atoms with Crippen LogP contribution in [0.2, 0.25) is 0 Å². The Bertz CT molecular complexity index is 1110. The van der Waals surface area contributed by atoms with E-state index in [-0.39, 0.29) is 58.6 Å². The minimum absolute atomic E-state index is 0.000302. The number of nitrogens with zero attached hydrogens (tertiary/aromatic N) is 2. The zero-order valence-corrected chi connectivity index (χ0v) is 16.0. The van der Waals surface area contributed by atoms with Crippen LogP contribution in [0.5, 0.6) is 17.2 Å². The van der Waals surface area contributed by atoms with Crippen molar-refractivity contribution in [2.45, 2.75) is 39.7 Å². The molecule has 2 aliphatic rings. The second kappa shape index (κ2) is 5.68. The summed E-state index contributed by atoms with van der Waals surface area (Å²) >= 11 is 0. The van der Waals surface area contributed by atoms with E-state index in [1.165, 1.54) is 18.5 Å². The summed E-state index contributed by atoms with van der Waals surface area (Å²) in [6.07, 6.45) is 1.64. The third-order valence-corrected chi connectivity index (χ3v) is 5.62. The fourth-order valence-electron chi connectivity index (χ4n) is 4.12. The van der Waals surface area contributed by atoms with Crippen LogP contribution in [0.15, 0.2) is 5.76 Å². The zero-order valence-electron chi connectivity index (χ0n) is 16.0. The first-order valence-electron chi connectivity index (χ1n) is 8.87. The van der Waals surface area contributed by atoms with E-state index in [4.69, 9.17) is 4.74 Å². The maximum absolute atomic E-state index is 13.6. The minimum atomic E-state index is -1.35. The number of allylic oxidation sites excluding steroid dienone is 1. The van der Waals surface area contributed by atoms with Crippen LogP contribution in [0, 0.1) is 13.8 Å². The molecule has 0 saturated heterocycles. The van der Waals surface area contributed by atoms with Gasteiger partial charge in [0.2, 0.25) is 0 Å². The predicted octanol–water partition coefficient (Wildman–Crippen LogP) is 1.99. The van der Waals surface area contributed by atoms with E-state index in [0.717, 1.165) is 0 Å². The highest BCUT2D eigenvalue weighted by Gasteiger charge is 2.55. The lowest BCUT2D eigenvalue weighted by Crippen LogP contribution is -2.36. The number of aryl methyl sites for hydroxylation is 1. The maximum atomic E-state index is 13.6. The molecule has 0 amide bonds. The summed E-state index contributed by atoms with van der Waals surface area (Å²) in [6, 6.07) is 0. The van der Waals surface area contributed by atoms with Crippen LogP contribution in [0.3, 0.4) is 0 Å². The van der Waals surface area contributed by atoms with E-state index < -0.39 is 11.2 Å². The van der Waals surface area contributed by atoms with E-state index in [2.05, 4.69) is 5.10 Å². The lowest BCUT2D eigenvalue weighted by molar-refractivity contribution is 0.0904. The molecule has 2 aromatic rings. The van der Waals surface area contributed by atoms with E-state index >= 15 is 0 Å². The number of hydrogen-bond donors (Lipinski definition) is 3. The van der Waals surface area contributed by atoms with Crippen LogP contribution >= 0.6 is 0 Å². The molecular weight excluding hydrogens is 364 g/mol. The molecule has 0 spiro atoms. The van der Waals surface area contributed by atoms with Gasteiger partial charge in [-0.25, -0.2) is 0 Å². The molecule has 28 heavy (non-hydrogen) atoms. The summed E-state index contributed by atoms with van der Waals surface area (Å²) in [5.74, 6) is -1.16. The number of aromatic nitrogens is 2. The van der Waals surface area contributed by atoms with Gasteiger partial charge < -0.3 is 20.1 Å². The van der Waals surface area contributed by atoms with Crippen molar-refractivity contribution in [2.24, 2.45) is 0 Å². The van der Waals surface area contributed by atoms with Gasteiger partial charge in [0.1, 0.15) is 34.0 Å². The number of benzene rings is 1. The molecule has 0 saturated carbocycles. The predicted molar refractivity (Wildman–Crippen MR) is 98.9 cm³/mol. The summed E-state index contributed by atoms with van der Waals surface area (Å²) in [5.41, 5.74) is 0.248. The molecule has 8 heteroatoms. The topological polar surface area (TPSA) is 122 Å². The van der Waals surface area contributed by atoms with E-state index in [0.29, 0.717) is 17.0 Å². The number of ether oxygens (including phenoxy) is 1. The van der Waals surface area contributed by atoms with Crippen LogP contribution in [-0.2, 0) is 12.0 Å². The fraction of sp³-hybridized carbons (Fsp3) is 0.350. The Morgan fingerprint density at radius 1 is 1.29 bits per heavy atom. The van der Waals surface area contributed by atoms with Crippen molar-refractivity contribution in [3.8, 4) is 17.2 Å². The van der Waals surface area contributed by atoms with Crippen LogP contribution in [0.4, 0.5) is 0 Å². The number of Topliss-reactive ketones (excluding diaryl/α,β-unsaturated/α-hetero) is 2. The van der Waals surface area contributed by atoms with Crippen LogP contribution in [0.1, 0.15) is 57.1 Å². The Balaban J connectivity index is 2.05. The molecule has 1 unspecified atom stereocenters. The summed E-state index contributed by atoms with van der Waals surface area (Å²) in [4.78, 5) is 25.7. The van der Waals surface area contributed by atoms with Crippen molar-refractivity contribution in [1.29, 1.82) is 0 Å². The monoisotopic (exact) mass is 384 g/mol. The van der Waals surface area contributed by atoms with Crippen molar-refractivity contribution in [2.75, 3.05) is 6.61 Å². The quantitative estimate of drug-likeness (QED) is 0.692. The number of rotatable bonds is 3. The number of hydrogen-bond acceptors (Lipinski definition) is 7. The average Bonchev–Trinajstić information content (AvgIpc) is 3.09. The number of phenols is 2. The van der Waals surface area contributed by atoms with Crippen molar-refractivity contribution in [3.63, 3.8) is 0 Å². The van der Waals surface area contributed by atoms with Gasteiger partial charge in [-0.15, -0.1) is 0 Å². The molecule has 1 aliphatic carbocycles. The lowest BCUT2D eigenvalue weighted by Gasteiger charge is -2.27. The van der Waals surface area contributed by atoms with Gasteiger partial charge in [0.05, 0.1) is 35.7 Å².